The second-order valence-electron chi connectivity index (χ2n) is 6.25. The molecule has 7 nitrogen and oxygen atoms in total. The summed E-state index contributed by atoms with van der Waals surface area (Å²) >= 11 is 0. The van der Waals surface area contributed by atoms with Crippen molar-refractivity contribution in [1.82, 2.24) is 10.3 Å². The molecule has 2 amide bonds. The number of carbonyl (C=O) groups is 3. The van der Waals surface area contributed by atoms with Crippen LogP contribution in [0.3, 0.4) is 0 Å². The summed E-state index contributed by atoms with van der Waals surface area (Å²) < 4.78 is 0. The Kier molecular flexibility index (Phi) is 6.65. The van der Waals surface area contributed by atoms with Crippen molar-refractivity contribution in [3.8, 4) is 0 Å². The molecule has 0 saturated heterocycles. The molecule has 1 aromatic carbocycles. The average molecular weight is 369 g/mol. The van der Waals surface area contributed by atoms with Crippen LogP contribution < -0.4 is 10.6 Å². The van der Waals surface area contributed by atoms with Crippen LogP contribution in [-0.4, -0.2) is 34.4 Å². The Morgan fingerprint density at radius 3 is 2.33 bits per heavy atom. The molecule has 0 saturated carbocycles. The first-order valence-electron chi connectivity index (χ1n) is 8.75. The number of carbonyl (C=O) groups excluding carboxylic acids is 2. The molecule has 0 aliphatic rings. The SMILES string of the molecule is CCC(CC)(CNC(=O)c1cccc(NC(=O)c2cccnc2)c1)C(=O)O. The van der Waals surface area contributed by atoms with Crippen molar-refractivity contribution in [3.05, 3.63) is 59.9 Å². The van der Waals surface area contributed by atoms with Gasteiger partial charge in [-0.1, -0.05) is 19.9 Å². The minimum atomic E-state index is -0.984. The molecule has 0 spiro atoms. The monoisotopic (exact) mass is 369 g/mol. The number of pyridine rings is 1. The zero-order valence-electron chi connectivity index (χ0n) is 15.4. The van der Waals surface area contributed by atoms with Crippen LogP contribution >= 0.6 is 0 Å². The number of hydrogen-bond donors (Lipinski definition) is 3. The molecule has 0 unspecified atom stereocenters. The van der Waals surface area contributed by atoms with Gasteiger partial charge in [-0.3, -0.25) is 19.4 Å². The van der Waals surface area contributed by atoms with E-state index < -0.39 is 11.4 Å². The number of aromatic nitrogens is 1. The third-order valence-corrected chi connectivity index (χ3v) is 4.70. The van der Waals surface area contributed by atoms with Gasteiger partial charge in [0.1, 0.15) is 0 Å². The highest BCUT2D eigenvalue weighted by atomic mass is 16.4. The summed E-state index contributed by atoms with van der Waals surface area (Å²) in [6.45, 7) is 3.62. The van der Waals surface area contributed by atoms with Crippen molar-refractivity contribution in [2.45, 2.75) is 26.7 Å². The molecule has 142 valence electrons. The van der Waals surface area contributed by atoms with Gasteiger partial charge in [0.15, 0.2) is 0 Å². The lowest BCUT2D eigenvalue weighted by Gasteiger charge is -2.26. The predicted octanol–water partition coefficient (Wildman–Crippen LogP) is 2.95. The number of anilines is 1. The van der Waals surface area contributed by atoms with Crippen molar-refractivity contribution in [3.63, 3.8) is 0 Å². The number of nitrogens with zero attached hydrogens (tertiary/aromatic N) is 1. The summed E-state index contributed by atoms with van der Waals surface area (Å²) in [5.74, 6) is -1.65. The maximum absolute atomic E-state index is 12.4. The van der Waals surface area contributed by atoms with Crippen LogP contribution in [0.2, 0.25) is 0 Å². The van der Waals surface area contributed by atoms with Crippen molar-refractivity contribution < 1.29 is 19.5 Å². The molecule has 1 heterocycles. The summed E-state index contributed by atoms with van der Waals surface area (Å²) in [6.07, 6.45) is 3.86. The maximum atomic E-state index is 12.4. The quantitative estimate of drug-likeness (QED) is 0.663. The van der Waals surface area contributed by atoms with Gasteiger partial charge in [-0.2, -0.15) is 0 Å². The van der Waals surface area contributed by atoms with E-state index in [1.54, 1.807) is 56.4 Å². The molecule has 1 aromatic heterocycles. The number of aliphatic carboxylic acids is 1. The maximum Gasteiger partial charge on any atom is 0.311 e. The van der Waals surface area contributed by atoms with Crippen LogP contribution in [0.5, 0.6) is 0 Å². The summed E-state index contributed by atoms with van der Waals surface area (Å²) in [6, 6.07) is 9.77. The predicted molar refractivity (Wildman–Crippen MR) is 102 cm³/mol. The third kappa shape index (κ3) is 4.91. The van der Waals surface area contributed by atoms with Gasteiger partial charge >= 0.3 is 5.97 Å². The second kappa shape index (κ2) is 8.93. The minimum Gasteiger partial charge on any atom is -0.481 e. The fourth-order valence-corrected chi connectivity index (χ4v) is 2.67. The van der Waals surface area contributed by atoms with Crippen LogP contribution in [0.25, 0.3) is 0 Å². The van der Waals surface area contributed by atoms with Crippen LogP contribution in [0, 0.1) is 5.41 Å². The zero-order valence-corrected chi connectivity index (χ0v) is 15.4. The first-order valence-corrected chi connectivity index (χ1v) is 8.75. The van der Waals surface area contributed by atoms with Gasteiger partial charge in [0.25, 0.3) is 11.8 Å². The van der Waals surface area contributed by atoms with Gasteiger partial charge in [-0.15, -0.1) is 0 Å². The van der Waals surface area contributed by atoms with E-state index in [1.165, 1.54) is 6.20 Å². The molecular formula is C20H23N3O4. The van der Waals surface area contributed by atoms with E-state index in [4.69, 9.17) is 0 Å². The molecule has 2 rings (SSSR count). The number of benzene rings is 1. The van der Waals surface area contributed by atoms with E-state index in [2.05, 4.69) is 15.6 Å². The summed E-state index contributed by atoms with van der Waals surface area (Å²) in [4.78, 5) is 40.1. The Morgan fingerprint density at radius 2 is 1.74 bits per heavy atom. The fourth-order valence-electron chi connectivity index (χ4n) is 2.67. The lowest BCUT2D eigenvalue weighted by Crippen LogP contribution is -2.42. The van der Waals surface area contributed by atoms with Gasteiger partial charge in [0.2, 0.25) is 0 Å². The third-order valence-electron chi connectivity index (χ3n) is 4.70. The number of nitrogens with one attached hydrogen (secondary N) is 2. The van der Waals surface area contributed by atoms with Crippen molar-refractivity contribution in [2.75, 3.05) is 11.9 Å². The molecule has 0 fully saturated rings. The molecule has 0 aliphatic heterocycles. The van der Waals surface area contributed by atoms with E-state index >= 15 is 0 Å². The topological polar surface area (TPSA) is 108 Å². The van der Waals surface area contributed by atoms with E-state index in [1.807, 2.05) is 0 Å². The number of amides is 2. The first-order chi connectivity index (χ1) is 12.9. The van der Waals surface area contributed by atoms with E-state index in [0.29, 0.717) is 29.7 Å². The Morgan fingerprint density at radius 1 is 1.04 bits per heavy atom. The van der Waals surface area contributed by atoms with Gasteiger partial charge in [-0.05, 0) is 43.2 Å². The molecule has 0 aliphatic carbocycles. The highest BCUT2D eigenvalue weighted by Crippen LogP contribution is 2.26. The second-order valence-corrected chi connectivity index (χ2v) is 6.25. The standard InChI is InChI=1S/C20H23N3O4/c1-3-20(4-2,19(26)27)13-22-17(24)14-7-5-9-16(11-14)23-18(25)15-8-6-10-21-12-15/h5-12H,3-4,13H2,1-2H3,(H,22,24)(H,23,25)(H,26,27). The summed E-state index contributed by atoms with van der Waals surface area (Å²) in [5.41, 5.74) is 0.226. The smallest absolute Gasteiger partial charge is 0.311 e. The Balaban J connectivity index is 2.07. The highest BCUT2D eigenvalue weighted by molar-refractivity contribution is 6.05. The lowest BCUT2D eigenvalue weighted by molar-refractivity contribution is -0.149. The largest absolute Gasteiger partial charge is 0.481 e. The van der Waals surface area contributed by atoms with Gasteiger partial charge in [0.05, 0.1) is 11.0 Å². The molecule has 2 aromatic rings. The number of carboxylic acid groups (broad SMARTS) is 1. The van der Waals surface area contributed by atoms with Crippen molar-refractivity contribution in [1.29, 1.82) is 0 Å². The van der Waals surface area contributed by atoms with Gasteiger partial charge in [0, 0.05) is 30.2 Å². The van der Waals surface area contributed by atoms with Crippen molar-refractivity contribution in [2.24, 2.45) is 5.41 Å². The molecule has 27 heavy (non-hydrogen) atoms. The Hall–Kier alpha value is -3.22. The normalized spacial score (nSPS) is 10.9. The summed E-state index contributed by atoms with van der Waals surface area (Å²) in [5, 5.41) is 14.9. The van der Waals surface area contributed by atoms with Crippen LogP contribution in [0.15, 0.2) is 48.8 Å². The number of hydrogen-bond acceptors (Lipinski definition) is 4. The molecule has 0 bridgehead atoms. The number of carboxylic acids is 1. The molecule has 3 N–H and O–H groups in total. The minimum absolute atomic E-state index is 0.0421. The first kappa shape index (κ1) is 20.1. The van der Waals surface area contributed by atoms with Crippen LogP contribution in [0.1, 0.15) is 47.4 Å². The Bertz CT molecular complexity index is 817. The molecule has 0 atom stereocenters. The molecule has 7 heteroatoms. The van der Waals surface area contributed by atoms with Crippen LogP contribution in [0.4, 0.5) is 5.69 Å². The molecular weight excluding hydrogens is 346 g/mol. The fraction of sp³-hybridized carbons (Fsp3) is 0.300. The van der Waals surface area contributed by atoms with Crippen molar-refractivity contribution >= 4 is 23.5 Å². The average Bonchev–Trinajstić information content (AvgIpc) is 2.69. The number of rotatable bonds is 8. The summed E-state index contributed by atoms with van der Waals surface area (Å²) in [7, 11) is 0. The van der Waals surface area contributed by atoms with Gasteiger partial charge in [-0.25, -0.2) is 0 Å². The highest BCUT2D eigenvalue weighted by Gasteiger charge is 2.35. The van der Waals surface area contributed by atoms with E-state index in [-0.39, 0.29) is 18.4 Å². The molecule has 0 radical (unpaired) electrons. The van der Waals surface area contributed by atoms with E-state index in [9.17, 15) is 19.5 Å². The lowest BCUT2D eigenvalue weighted by atomic mass is 9.82. The Labute approximate surface area is 157 Å². The van der Waals surface area contributed by atoms with Gasteiger partial charge < -0.3 is 15.7 Å². The zero-order chi connectivity index (χ0) is 19.9. The van der Waals surface area contributed by atoms with E-state index in [0.717, 1.165) is 0 Å². The van der Waals surface area contributed by atoms with Crippen LogP contribution in [-0.2, 0) is 4.79 Å².